The highest BCUT2D eigenvalue weighted by atomic mass is 35.5. The van der Waals surface area contributed by atoms with E-state index in [1.165, 1.54) is 0 Å². The first-order chi connectivity index (χ1) is 9.88. The molecular formula is C15H13Cl3N2O. The molecule has 1 amide bonds. The third kappa shape index (κ3) is 3.82. The Balaban J connectivity index is 2.25. The van der Waals surface area contributed by atoms with Gasteiger partial charge in [-0.15, -0.1) is 0 Å². The molecule has 3 nitrogen and oxygen atoms in total. The van der Waals surface area contributed by atoms with Crippen molar-refractivity contribution in [1.82, 2.24) is 0 Å². The molecule has 0 radical (unpaired) electrons. The van der Waals surface area contributed by atoms with Gasteiger partial charge in [0.1, 0.15) is 0 Å². The van der Waals surface area contributed by atoms with Gasteiger partial charge in [-0.2, -0.15) is 0 Å². The van der Waals surface area contributed by atoms with Crippen molar-refractivity contribution < 1.29 is 4.79 Å². The zero-order valence-electron chi connectivity index (χ0n) is 11.2. The van der Waals surface area contributed by atoms with Crippen LogP contribution in [0.3, 0.4) is 0 Å². The van der Waals surface area contributed by atoms with Crippen LogP contribution in [0.1, 0.15) is 28.9 Å². The van der Waals surface area contributed by atoms with Gasteiger partial charge in [-0.3, -0.25) is 4.79 Å². The van der Waals surface area contributed by atoms with Crippen molar-refractivity contribution >= 4 is 46.4 Å². The maximum Gasteiger partial charge on any atom is 0.250 e. The smallest absolute Gasteiger partial charge is 0.250 e. The van der Waals surface area contributed by atoms with Crippen LogP contribution < -0.4 is 11.1 Å². The summed E-state index contributed by atoms with van der Waals surface area (Å²) in [6, 6.07) is 10.3. The lowest BCUT2D eigenvalue weighted by molar-refractivity contribution is 0.100. The van der Waals surface area contributed by atoms with Crippen molar-refractivity contribution in [3.63, 3.8) is 0 Å². The van der Waals surface area contributed by atoms with Crippen molar-refractivity contribution in [2.75, 3.05) is 5.32 Å². The highest BCUT2D eigenvalue weighted by molar-refractivity contribution is 6.35. The molecule has 6 heteroatoms. The zero-order chi connectivity index (χ0) is 15.6. The van der Waals surface area contributed by atoms with Crippen molar-refractivity contribution in [2.24, 2.45) is 5.73 Å². The van der Waals surface area contributed by atoms with Crippen molar-refractivity contribution in [1.29, 1.82) is 0 Å². The first-order valence-corrected chi connectivity index (χ1v) is 7.32. The number of hydrogen-bond acceptors (Lipinski definition) is 2. The minimum atomic E-state index is -0.569. The van der Waals surface area contributed by atoms with Gasteiger partial charge in [0.05, 0.1) is 10.6 Å². The molecule has 0 fully saturated rings. The number of amides is 1. The first-order valence-electron chi connectivity index (χ1n) is 6.19. The number of nitrogens with one attached hydrogen (secondary N) is 1. The Kier molecular flexibility index (Phi) is 4.99. The van der Waals surface area contributed by atoms with Crippen molar-refractivity contribution in [3.8, 4) is 0 Å². The standard InChI is InChI=1S/C15H13Cl3N2O/c1-8(11-4-2-9(16)6-14(11)18)20-10-3-5-13(17)12(7-10)15(19)21/h2-8,20H,1H3,(H2,19,21). The third-order valence-corrected chi connectivity index (χ3v) is 3.94. The Hall–Kier alpha value is -1.42. The number of anilines is 1. The number of hydrogen-bond donors (Lipinski definition) is 2. The van der Waals surface area contributed by atoms with Crippen LogP contribution in [-0.4, -0.2) is 5.91 Å². The molecule has 2 rings (SSSR count). The summed E-state index contributed by atoms with van der Waals surface area (Å²) in [5, 5.41) is 4.73. The van der Waals surface area contributed by atoms with Crippen LogP contribution >= 0.6 is 34.8 Å². The molecule has 0 aliphatic heterocycles. The summed E-state index contributed by atoms with van der Waals surface area (Å²) in [4.78, 5) is 11.3. The van der Waals surface area contributed by atoms with Crippen LogP contribution in [0.4, 0.5) is 5.69 Å². The minimum Gasteiger partial charge on any atom is -0.378 e. The number of primary amides is 1. The molecule has 0 saturated carbocycles. The average Bonchev–Trinajstić information content (AvgIpc) is 2.40. The fourth-order valence-electron chi connectivity index (χ4n) is 1.98. The monoisotopic (exact) mass is 342 g/mol. The maximum atomic E-state index is 11.3. The summed E-state index contributed by atoms with van der Waals surface area (Å²) < 4.78 is 0. The quantitative estimate of drug-likeness (QED) is 0.828. The molecule has 2 aromatic carbocycles. The molecule has 1 unspecified atom stereocenters. The Morgan fingerprint density at radius 3 is 2.43 bits per heavy atom. The predicted octanol–water partition coefficient (Wildman–Crippen LogP) is 4.92. The number of carbonyl (C=O) groups is 1. The third-order valence-electron chi connectivity index (χ3n) is 3.04. The van der Waals surface area contributed by atoms with Gasteiger partial charge in [0.2, 0.25) is 5.91 Å². The second-order valence-electron chi connectivity index (χ2n) is 4.59. The van der Waals surface area contributed by atoms with Crippen LogP contribution in [-0.2, 0) is 0 Å². The number of benzene rings is 2. The lowest BCUT2D eigenvalue weighted by Crippen LogP contribution is -2.13. The van der Waals surface area contributed by atoms with Crippen molar-refractivity contribution in [2.45, 2.75) is 13.0 Å². The summed E-state index contributed by atoms with van der Waals surface area (Å²) in [6.07, 6.45) is 0. The Morgan fingerprint density at radius 1 is 1.10 bits per heavy atom. The molecule has 21 heavy (non-hydrogen) atoms. The van der Waals surface area contributed by atoms with E-state index in [2.05, 4.69) is 5.32 Å². The molecule has 0 aliphatic carbocycles. The molecule has 2 aromatic rings. The Morgan fingerprint density at radius 2 is 1.81 bits per heavy atom. The largest absolute Gasteiger partial charge is 0.378 e. The van der Waals surface area contributed by atoms with Gasteiger partial charge in [0, 0.05) is 21.8 Å². The van der Waals surface area contributed by atoms with E-state index in [0.717, 1.165) is 11.3 Å². The average molecular weight is 344 g/mol. The van der Waals surface area contributed by atoms with Crippen LogP contribution in [0.15, 0.2) is 36.4 Å². The Labute approximate surface area is 138 Å². The molecule has 0 bridgehead atoms. The fraction of sp³-hybridized carbons (Fsp3) is 0.133. The second kappa shape index (κ2) is 6.56. The van der Waals surface area contributed by atoms with Gasteiger partial charge < -0.3 is 11.1 Å². The molecule has 0 spiro atoms. The topological polar surface area (TPSA) is 55.1 Å². The van der Waals surface area contributed by atoms with Crippen LogP contribution in [0.25, 0.3) is 0 Å². The summed E-state index contributed by atoms with van der Waals surface area (Å²) in [7, 11) is 0. The van der Waals surface area contributed by atoms with Gasteiger partial charge >= 0.3 is 0 Å². The van der Waals surface area contributed by atoms with Crippen LogP contribution in [0.5, 0.6) is 0 Å². The van der Waals surface area contributed by atoms with E-state index in [-0.39, 0.29) is 11.6 Å². The second-order valence-corrected chi connectivity index (χ2v) is 5.84. The first kappa shape index (κ1) is 16.0. The summed E-state index contributed by atoms with van der Waals surface area (Å²) in [5.74, 6) is -0.569. The lowest BCUT2D eigenvalue weighted by atomic mass is 10.1. The molecule has 110 valence electrons. The Bertz CT molecular complexity index is 689. The van der Waals surface area contributed by atoms with E-state index in [4.69, 9.17) is 40.5 Å². The van der Waals surface area contributed by atoms with Gasteiger partial charge in [0.15, 0.2) is 0 Å². The lowest BCUT2D eigenvalue weighted by Gasteiger charge is -2.18. The number of carbonyl (C=O) groups excluding carboxylic acids is 1. The van der Waals surface area contributed by atoms with E-state index in [9.17, 15) is 4.79 Å². The summed E-state index contributed by atoms with van der Waals surface area (Å²) in [6.45, 7) is 1.95. The molecule has 3 N–H and O–H groups in total. The normalized spacial score (nSPS) is 12.0. The minimum absolute atomic E-state index is 0.0725. The molecule has 0 aliphatic rings. The van der Waals surface area contributed by atoms with Crippen molar-refractivity contribution in [3.05, 3.63) is 62.6 Å². The van der Waals surface area contributed by atoms with E-state index in [0.29, 0.717) is 15.1 Å². The van der Waals surface area contributed by atoms with Gasteiger partial charge in [-0.1, -0.05) is 40.9 Å². The predicted molar refractivity (Wildman–Crippen MR) is 88.5 cm³/mol. The molecule has 0 aromatic heterocycles. The SMILES string of the molecule is CC(Nc1ccc(Cl)c(C(N)=O)c1)c1ccc(Cl)cc1Cl. The molecule has 0 saturated heterocycles. The summed E-state index contributed by atoms with van der Waals surface area (Å²) >= 11 is 18.0. The molecule has 0 heterocycles. The maximum absolute atomic E-state index is 11.3. The van der Waals surface area contributed by atoms with E-state index in [1.54, 1.807) is 30.3 Å². The van der Waals surface area contributed by atoms with Gasteiger partial charge in [-0.05, 0) is 42.8 Å². The highest BCUT2D eigenvalue weighted by Gasteiger charge is 2.12. The van der Waals surface area contributed by atoms with Crippen LogP contribution in [0, 0.1) is 0 Å². The van der Waals surface area contributed by atoms with Gasteiger partial charge in [0.25, 0.3) is 0 Å². The van der Waals surface area contributed by atoms with E-state index >= 15 is 0 Å². The zero-order valence-corrected chi connectivity index (χ0v) is 13.4. The van der Waals surface area contributed by atoms with E-state index < -0.39 is 5.91 Å². The fourth-order valence-corrected chi connectivity index (χ4v) is 2.77. The molecule has 1 atom stereocenters. The van der Waals surface area contributed by atoms with Crippen LogP contribution in [0.2, 0.25) is 15.1 Å². The summed E-state index contributed by atoms with van der Waals surface area (Å²) in [5.41, 5.74) is 7.18. The highest BCUT2D eigenvalue weighted by Crippen LogP contribution is 2.29. The number of rotatable bonds is 4. The van der Waals surface area contributed by atoms with Gasteiger partial charge in [-0.25, -0.2) is 0 Å². The molecular weight excluding hydrogens is 331 g/mol. The number of halogens is 3. The van der Waals surface area contributed by atoms with E-state index in [1.807, 2.05) is 13.0 Å². The number of nitrogens with two attached hydrogens (primary N) is 1.